The van der Waals surface area contributed by atoms with Crippen LogP contribution < -0.4 is 5.73 Å². The largest absolute Gasteiger partial charge is 0.381 e. The second-order valence-corrected chi connectivity index (χ2v) is 10.4. The number of hydrogen-bond acceptors (Lipinski definition) is 6. The van der Waals surface area contributed by atoms with Gasteiger partial charge in [-0.1, -0.05) is 0 Å². The SMILES string of the molecule is CC(C)(C)S(=O)(=O)c1cn2c(-c3cc(F)c(N)nc3F)cnc2cc1-c1ccn[nH]1. The van der Waals surface area contributed by atoms with Gasteiger partial charge < -0.3 is 5.73 Å². The molecule has 0 fully saturated rings. The van der Waals surface area contributed by atoms with E-state index in [9.17, 15) is 17.2 Å². The standard InChI is InChI=1S/C19H18F2N6O2S/c1-19(2,3)30(28,29)15-9-27-14(11-6-12(20)18(22)25-17(11)21)8-23-16(27)7-10(15)13-4-5-24-26-13/h4-9H,1-3H3,(H2,22,25)(H,24,26). The highest BCUT2D eigenvalue weighted by molar-refractivity contribution is 7.92. The van der Waals surface area contributed by atoms with Gasteiger partial charge in [0.05, 0.1) is 32.8 Å². The number of aromatic amines is 1. The Morgan fingerprint density at radius 2 is 1.90 bits per heavy atom. The molecule has 0 bridgehead atoms. The molecule has 0 unspecified atom stereocenters. The molecule has 4 heterocycles. The third kappa shape index (κ3) is 3.02. The molecule has 0 aliphatic heterocycles. The normalized spacial score (nSPS) is 12.6. The van der Waals surface area contributed by atoms with Gasteiger partial charge in [-0.15, -0.1) is 0 Å². The van der Waals surface area contributed by atoms with Crippen LogP contribution >= 0.6 is 0 Å². The number of sulfone groups is 1. The molecular formula is C19H18F2N6O2S. The topological polar surface area (TPSA) is 119 Å². The number of nitrogens with two attached hydrogens (primary N) is 1. The number of aromatic nitrogens is 5. The Bertz CT molecular complexity index is 1370. The van der Waals surface area contributed by atoms with Crippen LogP contribution in [0.15, 0.2) is 41.7 Å². The van der Waals surface area contributed by atoms with Crippen molar-refractivity contribution in [2.45, 2.75) is 30.4 Å². The number of nitrogens with one attached hydrogen (secondary N) is 1. The van der Waals surface area contributed by atoms with Crippen LogP contribution in [0.5, 0.6) is 0 Å². The van der Waals surface area contributed by atoms with Crippen LogP contribution in [0.2, 0.25) is 0 Å². The van der Waals surface area contributed by atoms with Crippen molar-refractivity contribution < 1.29 is 17.2 Å². The Labute approximate surface area is 170 Å². The predicted molar refractivity (Wildman–Crippen MR) is 107 cm³/mol. The minimum absolute atomic E-state index is 0.00437. The Hall–Kier alpha value is -3.34. The van der Waals surface area contributed by atoms with Gasteiger partial charge in [0.25, 0.3) is 0 Å². The van der Waals surface area contributed by atoms with Crippen molar-refractivity contribution in [3.63, 3.8) is 0 Å². The lowest BCUT2D eigenvalue weighted by Crippen LogP contribution is -2.28. The number of rotatable bonds is 3. The molecule has 0 aliphatic carbocycles. The molecule has 4 aromatic heterocycles. The van der Waals surface area contributed by atoms with Gasteiger partial charge in [0.15, 0.2) is 21.5 Å². The van der Waals surface area contributed by atoms with Crippen molar-refractivity contribution >= 4 is 21.3 Å². The molecule has 0 aromatic carbocycles. The fraction of sp³-hybridized carbons (Fsp3) is 0.211. The Kier molecular flexibility index (Phi) is 4.38. The summed E-state index contributed by atoms with van der Waals surface area (Å²) < 4.78 is 55.3. The highest BCUT2D eigenvalue weighted by atomic mass is 32.2. The fourth-order valence-electron chi connectivity index (χ4n) is 3.02. The van der Waals surface area contributed by atoms with E-state index in [4.69, 9.17) is 5.73 Å². The van der Waals surface area contributed by atoms with Gasteiger partial charge >= 0.3 is 0 Å². The molecule has 30 heavy (non-hydrogen) atoms. The number of halogens is 2. The van der Waals surface area contributed by atoms with Crippen LogP contribution in [-0.2, 0) is 9.84 Å². The maximum absolute atomic E-state index is 14.4. The van der Waals surface area contributed by atoms with E-state index < -0.39 is 32.2 Å². The predicted octanol–water partition coefficient (Wildman–Crippen LogP) is 3.22. The van der Waals surface area contributed by atoms with Gasteiger partial charge in [-0.2, -0.15) is 14.5 Å². The average molecular weight is 432 g/mol. The fourth-order valence-corrected chi connectivity index (χ4v) is 4.39. The monoisotopic (exact) mass is 432 g/mol. The molecule has 8 nitrogen and oxygen atoms in total. The number of H-pyrrole nitrogens is 1. The van der Waals surface area contributed by atoms with Gasteiger partial charge in [0.2, 0.25) is 5.95 Å². The maximum Gasteiger partial charge on any atom is 0.224 e. The van der Waals surface area contributed by atoms with E-state index in [-0.39, 0.29) is 16.2 Å². The number of hydrogen-bond donors (Lipinski definition) is 2. The van der Waals surface area contributed by atoms with E-state index in [0.717, 1.165) is 6.07 Å². The van der Waals surface area contributed by atoms with Gasteiger partial charge in [-0.3, -0.25) is 9.50 Å². The number of pyridine rings is 2. The molecule has 0 saturated carbocycles. The summed E-state index contributed by atoms with van der Waals surface area (Å²) in [5.41, 5.74) is 6.45. The summed E-state index contributed by atoms with van der Waals surface area (Å²) in [6, 6.07) is 4.09. The first kappa shape index (κ1) is 20.0. The summed E-state index contributed by atoms with van der Waals surface area (Å²) in [6.45, 7) is 4.74. The van der Waals surface area contributed by atoms with Gasteiger partial charge in [-0.25, -0.2) is 17.8 Å². The summed E-state index contributed by atoms with van der Waals surface area (Å²) in [7, 11) is -3.83. The molecule has 0 radical (unpaired) electrons. The first-order valence-corrected chi connectivity index (χ1v) is 10.4. The van der Waals surface area contributed by atoms with Crippen LogP contribution in [0.3, 0.4) is 0 Å². The van der Waals surface area contributed by atoms with Gasteiger partial charge in [-0.05, 0) is 39.0 Å². The van der Waals surface area contributed by atoms with E-state index in [1.807, 2.05) is 0 Å². The van der Waals surface area contributed by atoms with Crippen molar-refractivity contribution in [1.29, 1.82) is 0 Å². The Morgan fingerprint density at radius 3 is 2.53 bits per heavy atom. The summed E-state index contributed by atoms with van der Waals surface area (Å²) in [4.78, 5) is 7.59. The molecule has 11 heteroatoms. The molecule has 4 aromatic rings. The third-order valence-corrected chi connectivity index (χ3v) is 7.25. The lowest BCUT2D eigenvalue weighted by Gasteiger charge is -2.21. The van der Waals surface area contributed by atoms with E-state index in [1.54, 1.807) is 32.9 Å². The van der Waals surface area contributed by atoms with Crippen molar-refractivity contribution in [2.24, 2.45) is 0 Å². The quantitative estimate of drug-likeness (QED) is 0.480. The van der Waals surface area contributed by atoms with Crippen molar-refractivity contribution in [3.05, 3.63) is 48.6 Å². The van der Waals surface area contributed by atoms with E-state index in [1.165, 1.54) is 23.0 Å². The summed E-state index contributed by atoms with van der Waals surface area (Å²) in [5.74, 6) is -2.45. The Morgan fingerprint density at radius 1 is 1.17 bits per heavy atom. The van der Waals surface area contributed by atoms with E-state index >= 15 is 0 Å². The lowest BCUT2D eigenvalue weighted by atomic mass is 10.2. The van der Waals surface area contributed by atoms with Gasteiger partial charge in [0.1, 0.15) is 5.65 Å². The van der Waals surface area contributed by atoms with Crippen LogP contribution in [0.1, 0.15) is 20.8 Å². The first-order valence-electron chi connectivity index (χ1n) is 8.88. The average Bonchev–Trinajstić information content (AvgIpc) is 3.32. The highest BCUT2D eigenvalue weighted by Crippen LogP contribution is 2.35. The number of imidazole rings is 1. The van der Waals surface area contributed by atoms with Crippen LogP contribution in [0, 0.1) is 11.8 Å². The zero-order valence-electron chi connectivity index (χ0n) is 16.3. The van der Waals surface area contributed by atoms with Crippen molar-refractivity contribution in [3.8, 4) is 22.5 Å². The molecule has 156 valence electrons. The summed E-state index contributed by atoms with van der Waals surface area (Å²) in [6.07, 6.45) is 4.17. The van der Waals surface area contributed by atoms with Gasteiger partial charge in [0, 0.05) is 18.0 Å². The second-order valence-electron chi connectivity index (χ2n) is 7.70. The second kappa shape index (κ2) is 6.59. The smallest absolute Gasteiger partial charge is 0.224 e. The summed E-state index contributed by atoms with van der Waals surface area (Å²) in [5, 5.41) is 6.65. The molecular weight excluding hydrogens is 414 g/mol. The molecule has 0 amide bonds. The molecule has 0 atom stereocenters. The zero-order valence-corrected chi connectivity index (χ0v) is 17.1. The molecule has 0 aliphatic rings. The first-order chi connectivity index (χ1) is 14.0. The zero-order chi connectivity index (χ0) is 21.8. The Balaban J connectivity index is 2.06. The third-order valence-electron chi connectivity index (χ3n) is 4.73. The highest BCUT2D eigenvalue weighted by Gasteiger charge is 2.34. The maximum atomic E-state index is 14.4. The minimum Gasteiger partial charge on any atom is -0.381 e. The number of nitrogens with zero attached hydrogens (tertiary/aromatic N) is 4. The number of fused-ring (bicyclic) bond motifs is 1. The minimum atomic E-state index is -3.83. The number of anilines is 1. The van der Waals surface area contributed by atoms with Crippen LogP contribution in [-0.4, -0.2) is 37.7 Å². The molecule has 4 rings (SSSR count). The van der Waals surface area contributed by atoms with Crippen LogP contribution in [0.4, 0.5) is 14.6 Å². The van der Waals surface area contributed by atoms with Crippen molar-refractivity contribution in [2.75, 3.05) is 5.73 Å². The lowest BCUT2D eigenvalue weighted by molar-refractivity contribution is 0.560. The van der Waals surface area contributed by atoms with Crippen molar-refractivity contribution in [1.82, 2.24) is 24.6 Å². The summed E-state index contributed by atoms with van der Waals surface area (Å²) >= 11 is 0. The van der Waals surface area contributed by atoms with E-state index in [0.29, 0.717) is 16.9 Å². The van der Waals surface area contributed by atoms with E-state index in [2.05, 4.69) is 20.2 Å². The number of nitrogen functional groups attached to an aromatic ring is 1. The molecule has 0 saturated heterocycles. The van der Waals surface area contributed by atoms with Crippen LogP contribution in [0.25, 0.3) is 28.2 Å². The molecule has 0 spiro atoms. The molecule has 3 N–H and O–H groups in total.